The Balaban J connectivity index is 0.00000280. The van der Waals surface area contributed by atoms with Gasteiger partial charge in [0.25, 0.3) is 0 Å². The van der Waals surface area contributed by atoms with Crippen LogP contribution >= 0.6 is 24.0 Å². The molecule has 5 nitrogen and oxygen atoms in total. The van der Waals surface area contributed by atoms with Gasteiger partial charge in [0, 0.05) is 30.7 Å². The third-order valence-electron chi connectivity index (χ3n) is 5.55. The first-order chi connectivity index (χ1) is 13.1. The Bertz CT molecular complexity index is 647. The molecule has 0 aromatic heterocycles. The molecule has 28 heavy (non-hydrogen) atoms. The predicted octanol–water partition coefficient (Wildman–Crippen LogP) is 3.53. The molecule has 8 heteroatoms. The van der Waals surface area contributed by atoms with Gasteiger partial charge in [0.1, 0.15) is 12.4 Å². The summed E-state index contributed by atoms with van der Waals surface area (Å²) >= 11 is 0. The summed E-state index contributed by atoms with van der Waals surface area (Å²) in [5.74, 6) is -0.676. The van der Waals surface area contributed by atoms with Gasteiger partial charge >= 0.3 is 0 Å². The minimum Gasteiger partial charge on any atom is -0.492 e. The molecule has 1 aromatic carbocycles. The second-order valence-corrected chi connectivity index (χ2v) is 7.40. The van der Waals surface area contributed by atoms with Crippen LogP contribution in [-0.4, -0.2) is 55.7 Å². The van der Waals surface area contributed by atoms with Gasteiger partial charge in [-0.15, -0.1) is 24.0 Å². The number of rotatable bonds is 6. The fourth-order valence-electron chi connectivity index (χ4n) is 4.13. The van der Waals surface area contributed by atoms with Gasteiger partial charge in [0.05, 0.1) is 6.54 Å². The minimum atomic E-state index is -0.904. The molecule has 0 saturated carbocycles. The van der Waals surface area contributed by atoms with Crippen molar-refractivity contribution in [2.75, 3.05) is 26.7 Å². The number of nitrogens with zero attached hydrogens (tertiary/aromatic N) is 2. The van der Waals surface area contributed by atoms with Crippen molar-refractivity contribution < 1.29 is 13.5 Å². The summed E-state index contributed by atoms with van der Waals surface area (Å²) in [4.78, 5) is 7.11. The third kappa shape index (κ3) is 6.17. The zero-order chi connectivity index (χ0) is 19.2. The van der Waals surface area contributed by atoms with E-state index >= 15 is 0 Å². The molecular formula is C20H31F2IN4O. The average molecular weight is 508 g/mol. The van der Waals surface area contributed by atoms with Gasteiger partial charge in [-0.05, 0) is 51.8 Å². The molecule has 1 aromatic rings. The molecule has 2 bridgehead atoms. The second-order valence-electron chi connectivity index (χ2n) is 7.40. The van der Waals surface area contributed by atoms with Crippen LogP contribution in [0.15, 0.2) is 23.2 Å². The van der Waals surface area contributed by atoms with Crippen molar-refractivity contribution in [3.8, 4) is 5.75 Å². The molecule has 2 fully saturated rings. The van der Waals surface area contributed by atoms with Crippen LogP contribution in [0.1, 0.15) is 39.0 Å². The molecule has 2 atom stereocenters. The largest absolute Gasteiger partial charge is 0.492 e. The molecule has 2 aliphatic heterocycles. The van der Waals surface area contributed by atoms with Crippen LogP contribution in [-0.2, 0) is 0 Å². The number of fused-ring (bicyclic) bond motifs is 2. The van der Waals surface area contributed by atoms with Crippen LogP contribution in [0, 0.1) is 11.6 Å². The highest BCUT2D eigenvalue weighted by atomic mass is 127. The Morgan fingerprint density at radius 1 is 1.21 bits per heavy atom. The summed E-state index contributed by atoms with van der Waals surface area (Å²) in [6.45, 7) is 3.57. The highest BCUT2D eigenvalue weighted by Gasteiger charge is 2.36. The minimum absolute atomic E-state index is 0. The smallest absolute Gasteiger partial charge is 0.191 e. The monoisotopic (exact) mass is 508 g/mol. The van der Waals surface area contributed by atoms with E-state index in [0.29, 0.717) is 37.0 Å². The Kier molecular flexibility index (Phi) is 9.20. The number of hydrogen-bond acceptors (Lipinski definition) is 3. The van der Waals surface area contributed by atoms with E-state index in [9.17, 15) is 8.78 Å². The van der Waals surface area contributed by atoms with Gasteiger partial charge in [0.2, 0.25) is 0 Å². The third-order valence-corrected chi connectivity index (χ3v) is 5.55. The summed E-state index contributed by atoms with van der Waals surface area (Å²) in [5.41, 5.74) is 0. The quantitative estimate of drug-likeness (QED) is 0.267. The van der Waals surface area contributed by atoms with Gasteiger partial charge in [-0.25, -0.2) is 13.8 Å². The number of guanidine groups is 1. The molecule has 0 amide bonds. The number of halogens is 3. The lowest BCUT2D eigenvalue weighted by Gasteiger charge is -2.47. The van der Waals surface area contributed by atoms with Gasteiger partial charge < -0.3 is 20.3 Å². The normalized spacial score (nSPS) is 25.0. The molecule has 158 valence electrons. The highest BCUT2D eigenvalue weighted by molar-refractivity contribution is 14.0. The van der Waals surface area contributed by atoms with Crippen LogP contribution in [0.5, 0.6) is 5.75 Å². The second kappa shape index (κ2) is 11.1. The van der Waals surface area contributed by atoms with Crippen molar-refractivity contribution in [3.05, 3.63) is 29.8 Å². The molecule has 2 heterocycles. The summed E-state index contributed by atoms with van der Waals surface area (Å²) < 4.78 is 31.6. The Morgan fingerprint density at radius 2 is 1.93 bits per heavy atom. The van der Waals surface area contributed by atoms with E-state index < -0.39 is 11.6 Å². The molecule has 2 saturated heterocycles. The van der Waals surface area contributed by atoms with Crippen LogP contribution < -0.4 is 15.4 Å². The topological polar surface area (TPSA) is 48.9 Å². The Labute approximate surface area is 183 Å². The fourth-order valence-corrected chi connectivity index (χ4v) is 4.13. The fraction of sp³-hybridized carbons (Fsp3) is 0.650. The van der Waals surface area contributed by atoms with E-state index in [1.807, 2.05) is 6.92 Å². The summed E-state index contributed by atoms with van der Waals surface area (Å²) in [6.07, 6.45) is 6.18. The number of hydrogen-bond donors (Lipinski definition) is 2. The molecule has 0 aliphatic carbocycles. The molecule has 3 rings (SSSR count). The average Bonchev–Trinajstić information content (AvgIpc) is 2.62. The number of piperidine rings is 2. The van der Waals surface area contributed by atoms with Crippen LogP contribution in [0.3, 0.4) is 0 Å². The van der Waals surface area contributed by atoms with Crippen molar-refractivity contribution in [1.82, 2.24) is 15.5 Å². The van der Waals surface area contributed by atoms with Gasteiger partial charge in [-0.2, -0.15) is 0 Å². The van der Waals surface area contributed by atoms with E-state index in [2.05, 4.69) is 27.6 Å². The van der Waals surface area contributed by atoms with Crippen LogP contribution in [0.25, 0.3) is 0 Å². The van der Waals surface area contributed by atoms with Crippen molar-refractivity contribution in [3.63, 3.8) is 0 Å². The van der Waals surface area contributed by atoms with Gasteiger partial charge in [-0.3, -0.25) is 0 Å². The predicted molar refractivity (Wildman–Crippen MR) is 119 cm³/mol. The highest BCUT2D eigenvalue weighted by Crippen LogP contribution is 2.32. The lowest BCUT2D eigenvalue weighted by atomic mass is 9.82. The molecule has 0 spiro atoms. The maximum absolute atomic E-state index is 13.2. The number of aliphatic imine (C=N–C) groups is 1. The van der Waals surface area contributed by atoms with E-state index in [1.165, 1.54) is 25.3 Å². The summed E-state index contributed by atoms with van der Waals surface area (Å²) in [5, 5.41) is 6.85. The number of benzene rings is 1. The summed E-state index contributed by atoms with van der Waals surface area (Å²) in [6, 6.07) is 5.30. The Morgan fingerprint density at radius 3 is 2.57 bits per heavy atom. The van der Waals surface area contributed by atoms with E-state index in [0.717, 1.165) is 37.5 Å². The first-order valence-corrected chi connectivity index (χ1v) is 9.91. The van der Waals surface area contributed by atoms with Crippen molar-refractivity contribution in [2.24, 2.45) is 4.99 Å². The zero-order valence-electron chi connectivity index (χ0n) is 16.6. The van der Waals surface area contributed by atoms with Crippen molar-refractivity contribution in [2.45, 2.75) is 57.2 Å². The van der Waals surface area contributed by atoms with E-state index in [1.54, 1.807) is 0 Å². The van der Waals surface area contributed by atoms with Crippen LogP contribution in [0.4, 0.5) is 8.78 Å². The molecular weight excluding hydrogens is 477 g/mol. The standard InChI is InChI=1S/C20H30F2N4O.HI/c1-3-23-20(24-9-10-27-17-7-8-18(21)19(22)13-17)25-14-11-15-5-4-6-16(12-14)26(15)2;/h7-8,13-16H,3-6,9-12H2,1-2H3,(H2,23,24,25);1H. The molecule has 2 aliphatic rings. The van der Waals surface area contributed by atoms with E-state index in [4.69, 9.17) is 4.74 Å². The van der Waals surface area contributed by atoms with E-state index in [-0.39, 0.29) is 24.0 Å². The van der Waals surface area contributed by atoms with Gasteiger partial charge in [0.15, 0.2) is 17.6 Å². The van der Waals surface area contributed by atoms with Crippen LogP contribution in [0.2, 0.25) is 0 Å². The lowest BCUT2D eigenvalue weighted by molar-refractivity contribution is 0.0526. The molecule has 2 unspecified atom stereocenters. The maximum Gasteiger partial charge on any atom is 0.191 e. The maximum atomic E-state index is 13.2. The van der Waals surface area contributed by atoms with Crippen molar-refractivity contribution >= 4 is 29.9 Å². The number of ether oxygens (including phenoxy) is 1. The van der Waals surface area contributed by atoms with Gasteiger partial charge in [-0.1, -0.05) is 6.42 Å². The molecule has 0 radical (unpaired) electrons. The first-order valence-electron chi connectivity index (χ1n) is 9.91. The lowest BCUT2D eigenvalue weighted by Crippen LogP contribution is -2.56. The van der Waals surface area contributed by atoms with Crippen molar-refractivity contribution in [1.29, 1.82) is 0 Å². The SMILES string of the molecule is CCNC(=NCCOc1ccc(F)c(F)c1)NC1CC2CCCC(C1)N2C.I. The zero-order valence-corrected chi connectivity index (χ0v) is 18.9. The first kappa shape index (κ1) is 23.1. The molecule has 2 N–H and O–H groups in total. The Hall–Kier alpha value is -1.16. The summed E-state index contributed by atoms with van der Waals surface area (Å²) in [7, 11) is 2.25. The number of nitrogens with one attached hydrogen (secondary N) is 2.